The molecule has 1 saturated heterocycles. The molecule has 2 aromatic carbocycles. The fourth-order valence-electron chi connectivity index (χ4n) is 2.84. The van der Waals surface area contributed by atoms with Crippen molar-refractivity contribution in [1.29, 1.82) is 0 Å². The molecule has 1 aliphatic rings. The summed E-state index contributed by atoms with van der Waals surface area (Å²) in [6.07, 6.45) is 0.0647. The van der Waals surface area contributed by atoms with E-state index < -0.39 is 17.4 Å². The summed E-state index contributed by atoms with van der Waals surface area (Å²) in [5, 5.41) is 13.2. The van der Waals surface area contributed by atoms with E-state index in [4.69, 9.17) is 4.74 Å². The quantitative estimate of drug-likeness (QED) is 0.808. The molecule has 0 saturated carbocycles. The van der Waals surface area contributed by atoms with Crippen LogP contribution in [0.5, 0.6) is 5.75 Å². The molecular weight excluding hydrogens is 320 g/mol. The van der Waals surface area contributed by atoms with E-state index >= 15 is 0 Å². The summed E-state index contributed by atoms with van der Waals surface area (Å²) in [4.78, 5) is 26.4. The number of benzene rings is 2. The third-order valence-corrected chi connectivity index (χ3v) is 4.35. The van der Waals surface area contributed by atoms with Crippen molar-refractivity contribution in [1.82, 2.24) is 5.32 Å². The average molecular weight is 340 g/mol. The van der Waals surface area contributed by atoms with Gasteiger partial charge in [-0.2, -0.15) is 0 Å². The van der Waals surface area contributed by atoms with Gasteiger partial charge in [0, 0.05) is 25.2 Å². The maximum Gasteiger partial charge on any atom is 0.268 e. The number of anilines is 1. The van der Waals surface area contributed by atoms with Crippen molar-refractivity contribution < 1.29 is 19.4 Å². The van der Waals surface area contributed by atoms with Crippen LogP contribution in [0.1, 0.15) is 12.0 Å². The van der Waals surface area contributed by atoms with Crippen molar-refractivity contribution in [3.05, 3.63) is 60.2 Å². The van der Waals surface area contributed by atoms with Gasteiger partial charge in [-0.05, 0) is 29.8 Å². The van der Waals surface area contributed by atoms with Gasteiger partial charge in [0.25, 0.3) is 11.8 Å². The number of hydrogen-bond donors (Lipinski definition) is 2. The van der Waals surface area contributed by atoms with Crippen LogP contribution in [0, 0.1) is 0 Å². The molecule has 2 amide bonds. The highest BCUT2D eigenvalue weighted by Crippen LogP contribution is 2.28. The number of methoxy groups -OCH3 is 1. The van der Waals surface area contributed by atoms with Crippen molar-refractivity contribution in [2.45, 2.75) is 18.6 Å². The van der Waals surface area contributed by atoms with Crippen molar-refractivity contribution in [2.75, 3.05) is 18.6 Å². The van der Waals surface area contributed by atoms with Gasteiger partial charge in [-0.15, -0.1) is 0 Å². The Labute approximate surface area is 146 Å². The Morgan fingerprint density at radius 3 is 2.52 bits per heavy atom. The minimum absolute atomic E-state index is 0.0647. The zero-order chi connectivity index (χ0) is 17.9. The maximum atomic E-state index is 12.6. The number of carbonyl (C=O) groups is 2. The lowest BCUT2D eigenvalue weighted by atomic mass is 10.0. The molecule has 1 atom stereocenters. The van der Waals surface area contributed by atoms with Crippen LogP contribution in [0.4, 0.5) is 5.69 Å². The summed E-state index contributed by atoms with van der Waals surface area (Å²) in [6.45, 7) is 0.527. The lowest BCUT2D eigenvalue weighted by Crippen LogP contribution is -2.52. The van der Waals surface area contributed by atoms with E-state index in [1.807, 2.05) is 30.3 Å². The Balaban J connectivity index is 1.66. The molecular formula is C19H20N2O4. The molecule has 0 aliphatic carbocycles. The summed E-state index contributed by atoms with van der Waals surface area (Å²) in [6, 6.07) is 16.2. The number of ether oxygens (including phenoxy) is 1. The molecule has 25 heavy (non-hydrogen) atoms. The molecule has 130 valence electrons. The zero-order valence-electron chi connectivity index (χ0n) is 13.9. The third kappa shape index (κ3) is 3.34. The summed E-state index contributed by atoms with van der Waals surface area (Å²) in [5.41, 5.74) is -0.503. The lowest BCUT2D eigenvalue weighted by Gasteiger charge is -2.21. The number of rotatable bonds is 5. The van der Waals surface area contributed by atoms with Gasteiger partial charge in [-0.25, -0.2) is 0 Å². The Kier molecular flexibility index (Phi) is 4.72. The van der Waals surface area contributed by atoms with Gasteiger partial charge in [0.2, 0.25) is 5.60 Å². The lowest BCUT2D eigenvalue weighted by molar-refractivity contribution is -0.149. The third-order valence-electron chi connectivity index (χ3n) is 4.35. The van der Waals surface area contributed by atoms with Crippen LogP contribution in [-0.4, -0.2) is 36.2 Å². The first-order valence-electron chi connectivity index (χ1n) is 8.05. The fraction of sp³-hybridized carbons (Fsp3) is 0.263. The number of para-hydroxylation sites is 1. The standard InChI is InChI=1S/C19H20N2O4/c1-25-16-9-7-14(8-10-16)13-20-17(22)19(24)11-12-21(18(19)23)15-5-3-2-4-6-15/h2-10,24H,11-13H2,1H3,(H,20,22)/t19-/m0/s1. The molecule has 1 fully saturated rings. The minimum atomic E-state index is -2.03. The van der Waals surface area contributed by atoms with Crippen molar-refractivity contribution in [3.8, 4) is 5.75 Å². The molecule has 0 unspecified atom stereocenters. The smallest absolute Gasteiger partial charge is 0.268 e. The van der Waals surface area contributed by atoms with Gasteiger partial charge < -0.3 is 20.1 Å². The van der Waals surface area contributed by atoms with Gasteiger partial charge in [0.1, 0.15) is 5.75 Å². The first-order chi connectivity index (χ1) is 12.0. The summed E-state index contributed by atoms with van der Waals surface area (Å²) < 4.78 is 5.08. The molecule has 2 aromatic rings. The predicted molar refractivity (Wildman–Crippen MR) is 93.2 cm³/mol. The Morgan fingerprint density at radius 1 is 1.20 bits per heavy atom. The summed E-state index contributed by atoms with van der Waals surface area (Å²) >= 11 is 0. The number of hydrogen-bond acceptors (Lipinski definition) is 4. The van der Waals surface area contributed by atoms with E-state index in [2.05, 4.69) is 5.32 Å². The van der Waals surface area contributed by atoms with E-state index in [0.29, 0.717) is 12.2 Å². The van der Waals surface area contributed by atoms with E-state index in [0.717, 1.165) is 11.3 Å². The molecule has 6 heteroatoms. The van der Waals surface area contributed by atoms with Gasteiger partial charge in [0.15, 0.2) is 0 Å². The highest BCUT2D eigenvalue weighted by Gasteiger charge is 2.51. The number of nitrogens with one attached hydrogen (secondary N) is 1. The second-order valence-electron chi connectivity index (χ2n) is 5.93. The van der Waals surface area contributed by atoms with E-state index in [1.165, 1.54) is 4.90 Å². The van der Waals surface area contributed by atoms with Crippen LogP contribution in [0.15, 0.2) is 54.6 Å². The highest BCUT2D eigenvalue weighted by molar-refractivity contribution is 6.16. The normalized spacial score (nSPS) is 19.8. The predicted octanol–water partition coefficient (Wildman–Crippen LogP) is 1.48. The Hall–Kier alpha value is -2.86. The molecule has 3 rings (SSSR count). The van der Waals surface area contributed by atoms with Crippen LogP contribution in [0.3, 0.4) is 0 Å². The van der Waals surface area contributed by atoms with Crippen molar-refractivity contribution in [2.24, 2.45) is 0 Å². The largest absolute Gasteiger partial charge is 0.497 e. The number of amides is 2. The van der Waals surface area contributed by atoms with Crippen molar-refractivity contribution in [3.63, 3.8) is 0 Å². The molecule has 1 heterocycles. The summed E-state index contributed by atoms with van der Waals surface area (Å²) in [5.74, 6) is -0.546. The first-order valence-corrected chi connectivity index (χ1v) is 8.05. The monoisotopic (exact) mass is 340 g/mol. The van der Waals surface area contributed by atoms with Crippen molar-refractivity contribution >= 4 is 17.5 Å². The number of carbonyl (C=O) groups excluding carboxylic acids is 2. The SMILES string of the molecule is COc1ccc(CNC(=O)[C@@]2(O)CCN(c3ccccc3)C2=O)cc1. The molecule has 0 aromatic heterocycles. The molecule has 6 nitrogen and oxygen atoms in total. The highest BCUT2D eigenvalue weighted by atomic mass is 16.5. The minimum Gasteiger partial charge on any atom is -0.497 e. The molecule has 0 radical (unpaired) electrons. The van der Waals surface area contributed by atoms with Gasteiger partial charge in [-0.1, -0.05) is 30.3 Å². The van der Waals surface area contributed by atoms with Crippen LogP contribution in [0.25, 0.3) is 0 Å². The molecule has 0 spiro atoms. The molecule has 1 aliphatic heterocycles. The molecule has 0 bridgehead atoms. The van der Waals surface area contributed by atoms with Crippen LogP contribution >= 0.6 is 0 Å². The first kappa shape index (κ1) is 17.0. The molecule has 2 N–H and O–H groups in total. The van der Waals surface area contributed by atoms with Gasteiger partial charge in [-0.3, -0.25) is 9.59 Å². The van der Waals surface area contributed by atoms with E-state index in [-0.39, 0.29) is 13.0 Å². The second-order valence-corrected chi connectivity index (χ2v) is 5.93. The zero-order valence-corrected chi connectivity index (χ0v) is 13.9. The van der Waals surface area contributed by atoms with Crippen LogP contribution < -0.4 is 15.0 Å². The number of aliphatic hydroxyl groups is 1. The fourth-order valence-corrected chi connectivity index (χ4v) is 2.84. The van der Waals surface area contributed by atoms with Crippen LogP contribution in [-0.2, 0) is 16.1 Å². The van der Waals surface area contributed by atoms with E-state index in [9.17, 15) is 14.7 Å². The van der Waals surface area contributed by atoms with Gasteiger partial charge >= 0.3 is 0 Å². The van der Waals surface area contributed by atoms with E-state index in [1.54, 1.807) is 31.4 Å². The Morgan fingerprint density at radius 2 is 1.88 bits per heavy atom. The van der Waals surface area contributed by atoms with Gasteiger partial charge in [0.05, 0.1) is 7.11 Å². The maximum absolute atomic E-state index is 12.6. The Bertz CT molecular complexity index is 761. The topological polar surface area (TPSA) is 78.9 Å². The van der Waals surface area contributed by atoms with Crippen LogP contribution in [0.2, 0.25) is 0 Å². The second kappa shape index (κ2) is 6.94. The average Bonchev–Trinajstić information content (AvgIpc) is 2.97. The number of nitrogens with zero attached hydrogens (tertiary/aromatic N) is 1. The summed E-state index contributed by atoms with van der Waals surface area (Å²) in [7, 11) is 1.58.